The fraction of sp³-hybridized carbons (Fsp3) is 0.185. The molecule has 0 saturated carbocycles. The van der Waals surface area contributed by atoms with E-state index in [0.29, 0.717) is 27.6 Å². The zero-order valence-corrected chi connectivity index (χ0v) is 22.2. The van der Waals surface area contributed by atoms with Crippen molar-refractivity contribution in [1.82, 2.24) is 4.98 Å². The zero-order chi connectivity index (χ0) is 28.0. The SMILES string of the molecule is CCS(=O)(=O)c1ccc(CC(=O)Nc2cc(-c3cccnc3OCc3ccc(OC(F)(F)F)cc3)cs2)cc1. The molecule has 2 heterocycles. The van der Waals surface area contributed by atoms with Crippen molar-refractivity contribution in [2.24, 2.45) is 0 Å². The highest BCUT2D eigenvalue weighted by atomic mass is 32.2. The van der Waals surface area contributed by atoms with Gasteiger partial charge in [-0.05, 0) is 59.2 Å². The average molecular weight is 577 g/mol. The summed E-state index contributed by atoms with van der Waals surface area (Å²) in [6, 6.07) is 16.9. The highest BCUT2D eigenvalue weighted by Gasteiger charge is 2.31. The number of nitrogens with zero attached hydrogens (tertiary/aromatic N) is 1. The van der Waals surface area contributed by atoms with Crippen LogP contribution in [-0.4, -0.2) is 31.4 Å². The highest BCUT2D eigenvalue weighted by molar-refractivity contribution is 7.91. The third-order valence-corrected chi connectivity index (χ3v) is 8.10. The first kappa shape index (κ1) is 28.1. The van der Waals surface area contributed by atoms with Crippen LogP contribution >= 0.6 is 11.3 Å². The molecule has 0 aliphatic carbocycles. The lowest BCUT2D eigenvalue weighted by atomic mass is 10.1. The predicted molar refractivity (Wildman–Crippen MR) is 142 cm³/mol. The Bertz CT molecular complexity index is 1530. The Hall–Kier alpha value is -3.90. The van der Waals surface area contributed by atoms with Crippen molar-refractivity contribution in [3.05, 3.63) is 89.4 Å². The number of nitrogens with one attached hydrogen (secondary N) is 1. The Kier molecular flexibility index (Phi) is 8.56. The van der Waals surface area contributed by atoms with Gasteiger partial charge in [-0.1, -0.05) is 31.2 Å². The Labute approximate surface area is 227 Å². The number of halogens is 3. The number of sulfone groups is 1. The summed E-state index contributed by atoms with van der Waals surface area (Å²) < 4.78 is 70.7. The van der Waals surface area contributed by atoms with Crippen molar-refractivity contribution in [3.8, 4) is 22.8 Å². The number of hydrogen-bond acceptors (Lipinski definition) is 7. The van der Waals surface area contributed by atoms with Gasteiger partial charge in [-0.15, -0.1) is 24.5 Å². The van der Waals surface area contributed by atoms with Crippen LogP contribution in [0.4, 0.5) is 18.2 Å². The third kappa shape index (κ3) is 7.80. The van der Waals surface area contributed by atoms with Gasteiger partial charge in [-0.25, -0.2) is 13.4 Å². The molecular weight excluding hydrogens is 553 g/mol. The van der Waals surface area contributed by atoms with Gasteiger partial charge in [0.1, 0.15) is 12.4 Å². The number of carbonyl (C=O) groups excluding carboxylic acids is 1. The van der Waals surface area contributed by atoms with Gasteiger partial charge in [-0.2, -0.15) is 0 Å². The van der Waals surface area contributed by atoms with E-state index in [0.717, 1.165) is 5.56 Å². The fourth-order valence-corrected chi connectivity index (χ4v) is 5.26. The predicted octanol–water partition coefficient (Wildman–Crippen LogP) is 6.26. The zero-order valence-electron chi connectivity index (χ0n) is 20.6. The fourth-order valence-electron chi connectivity index (χ4n) is 3.56. The number of hydrogen-bond donors (Lipinski definition) is 1. The molecule has 7 nitrogen and oxygen atoms in total. The number of benzene rings is 2. The van der Waals surface area contributed by atoms with Gasteiger partial charge in [0.25, 0.3) is 0 Å². The van der Waals surface area contributed by atoms with Gasteiger partial charge in [0.05, 0.1) is 22.1 Å². The molecule has 0 fully saturated rings. The van der Waals surface area contributed by atoms with Gasteiger partial charge in [-0.3, -0.25) is 4.79 Å². The minimum atomic E-state index is -4.76. The molecule has 0 aliphatic heterocycles. The Morgan fingerprint density at radius 1 is 1.03 bits per heavy atom. The molecule has 0 saturated heterocycles. The van der Waals surface area contributed by atoms with Crippen LogP contribution in [0.15, 0.2) is 83.2 Å². The Balaban J connectivity index is 1.37. The molecule has 0 bridgehead atoms. The largest absolute Gasteiger partial charge is 0.573 e. The van der Waals surface area contributed by atoms with E-state index in [2.05, 4.69) is 15.0 Å². The van der Waals surface area contributed by atoms with Crippen molar-refractivity contribution in [2.75, 3.05) is 11.1 Å². The van der Waals surface area contributed by atoms with Crippen molar-refractivity contribution < 1.29 is 35.9 Å². The number of rotatable bonds is 10. The normalized spacial score (nSPS) is 11.7. The molecule has 4 aromatic rings. The topological polar surface area (TPSA) is 94.6 Å². The summed E-state index contributed by atoms with van der Waals surface area (Å²) in [6.45, 7) is 1.65. The number of alkyl halides is 3. The van der Waals surface area contributed by atoms with Gasteiger partial charge >= 0.3 is 6.36 Å². The maximum atomic E-state index is 12.6. The summed E-state index contributed by atoms with van der Waals surface area (Å²) in [5.74, 6) is -0.245. The first-order valence-electron chi connectivity index (χ1n) is 11.7. The lowest BCUT2D eigenvalue weighted by Gasteiger charge is -2.11. The quantitative estimate of drug-likeness (QED) is 0.239. The van der Waals surface area contributed by atoms with E-state index in [9.17, 15) is 26.4 Å². The maximum Gasteiger partial charge on any atom is 0.573 e. The summed E-state index contributed by atoms with van der Waals surface area (Å²) in [4.78, 5) is 17.1. The lowest BCUT2D eigenvalue weighted by Crippen LogP contribution is -2.17. The van der Waals surface area contributed by atoms with Gasteiger partial charge in [0, 0.05) is 17.1 Å². The van der Waals surface area contributed by atoms with Gasteiger partial charge in [0.2, 0.25) is 11.8 Å². The number of thiophene rings is 1. The van der Waals surface area contributed by atoms with E-state index in [1.165, 1.54) is 47.7 Å². The van der Waals surface area contributed by atoms with Gasteiger partial charge < -0.3 is 14.8 Å². The van der Waals surface area contributed by atoms with E-state index in [-0.39, 0.29) is 35.3 Å². The van der Waals surface area contributed by atoms with Crippen LogP contribution in [0.3, 0.4) is 0 Å². The average Bonchev–Trinajstić information content (AvgIpc) is 3.36. The summed E-state index contributed by atoms with van der Waals surface area (Å²) in [6.07, 6.45) is -3.12. The molecule has 0 atom stereocenters. The molecule has 1 amide bonds. The van der Waals surface area contributed by atoms with Crippen LogP contribution in [0.25, 0.3) is 11.1 Å². The molecular formula is C27H23F3N2O5S2. The number of ether oxygens (including phenoxy) is 2. The second kappa shape index (κ2) is 11.9. The van der Waals surface area contributed by atoms with Crippen LogP contribution in [0.2, 0.25) is 0 Å². The van der Waals surface area contributed by atoms with E-state index in [1.807, 2.05) is 11.4 Å². The second-order valence-corrected chi connectivity index (χ2v) is 11.5. The maximum absolute atomic E-state index is 12.6. The van der Waals surface area contributed by atoms with E-state index >= 15 is 0 Å². The molecule has 2 aromatic heterocycles. The molecule has 0 unspecified atom stereocenters. The smallest absolute Gasteiger partial charge is 0.472 e. The molecule has 4 rings (SSSR count). The standard InChI is InChI=1S/C27H23F3N2O5S2/c1-2-39(34,35)22-11-7-18(8-12-22)14-24(33)32-25-15-20(17-38-25)23-4-3-13-31-26(23)36-16-19-5-9-21(10-6-19)37-27(28,29)30/h3-13,15,17H,2,14,16H2,1H3,(H,32,33). The molecule has 0 aliphatic rings. The van der Waals surface area contributed by atoms with Crippen molar-refractivity contribution in [2.45, 2.75) is 31.2 Å². The number of anilines is 1. The van der Waals surface area contributed by atoms with Crippen LogP contribution in [0, 0.1) is 0 Å². The summed E-state index contributed by atoms with van der Waals surface area (Å²) >= 11 is 1.32. The number of amides is 1. The first-order valence-corrected chi connectivity index (χ1v) is 14.2. The minimum absolute atomic E-state index is 0.00508. The summed E-state index contributed by atoms with van der Waals surface area (Å²) in [5.41, 5.74) is 2.75. The number of aromatic nitrogens is 1. The van der Waals surface area contributed by atoms with E-state index < -0.39 is 16.2 Å². The molecule has 0 spiro atoms. The molecule has 2 aromatic carbocycles. The molecule has 0 radical (unpaired) electrons. The lowest BCUT2D eigenvalue weighted by molar-refractivity contribution is -0.274. The van der Waals surface area contributed by atoms with Crippen LogP contribution in [0.5, 0.6) is 11.6 Å². The first-order chi connectivity index (χ1) is 18.5. The molecule has 39 heavy (non-hydrogen) atoms. The summed E-state index contributed by atoms with van der Waals surface area (Å²) in [7, 11) is -3.30. The van der Waals surface area contributed by atoms with Gasteiger partial charge in [0.15, 0.2) is 9.84 Å². The second-order valence-electron chi connectivity index (χ2n) is 8.31. The minimum Gasteiger partial charge on any atom is -0.472 e. The molecule has 204 valence electrons. The van der Waals surface area contributed by atoms with Crippen LogP contribution in [-0.2, 0) is 27.7 Å². The number of carbonyl (C=O) groups is 1. The Morgan fingerprint density at radius 2 is 1.72 bits per heavy atom. The van der Waals surface area contributed by atoms with Crippen molar-refractivity contribution in [1.29, 1.82) is 0 Å². The van der Waals surface area contributed by atoms with Crippen LogP contribution in [0.1, 0.15) is 18.1 Å². The Morgan fingerprint density at radius 3 is 2.38 bits per heavy atom. The monoisotopic (exact) mass is 576 g/mol. The summed E-state index contributed by atoms with van der Waals surface area (Å²) in [5, 5.41) is 5.29. The van der Waals surface area contributed by atoms with E-state index in [1.54, 1.807) is 37.4 Å². The third-order valence-electron chi connectivity index (χ3n) is 5.50. The molecule has 12 heteroatoms. The number of pyridine rings is 1. The molecule has 1 N–H and O–H groups in total. The van der Waals surface area contributed by atoms with E-state index in [4.69, 9.17) is 4.74 Å². The highest BCUT2D eigenvalue weighted by Crippen LogP contribution is 2.34. The van der Waals surface area contributed by atoms with Crippen molar-refractivity contribution >= 4 is 32.1 Å². The van der Waals surface area contributed by atoms with Crippen molar-refractivity contribution in [3.63, 3.8) is 0 Å². The van der Waals surface area contributed by atoms with Crippen LogP contribution < -0.4 is 14.8 Å².